The topological polar surface area (TPSA) is 61.2 Å². The van der Waals surface area contributed by atoms with Gasteiger partial charge in [0.1, 0.15) is 18.3 Å². The zero-order valence-corrected chi connectivity index (χ0v) is 9.84. The molecule has 3 rings (SSSR count). The Kier molecular flexibility index (Phi) is 2.68. The predicted octanol–water partition coefficient (Wildman–Crippen LogP) is 1.58. The fraction of sp³-hybridized carbons (Fsp3) is 0.308. The molecule has 1 aliphatic rings. The number of ether oxygens (including phenoxy) is 3. The number of benzene rings is 1. The number of rotatable bonds is 4. The fourth-order valence-electron chi connectivity index (χ4n) is 1.70. The molecular weight excluding hydrogens is 236 g/mol. The molecule has 0 N–H and O–H groups in total. The molecule has 0 saturated carbocycles. The molecule has 18 heavy (non-hydrogen) atoms. The Labute approximate surface area is 103 Å². The summed E-state index contributed by atoms with van der Waals surface area (Å²) in [6.07, 6.45) is 0.160. The summed E-state index contributed by atoms with van der Waals surface area (Å²) in [5, 5.41) is 0.793. The number of hydrogen-bond donors (Lipinski definition) is 0. The van der Waals surface area contributed by atoms with E-state index in [1.54, 1.807) is 25.3 Å². The third-order valence-corrected chi connectivity index (χ3v) is 2.73. The summed E-state index contributed by atoms with van der Waals surface area (Å²) in [6, 6.07) is 6.51. The van der Waals surface area contributed by atoms with Crippen LogP contribution in [0.4, 0.5) is 0 Å². The van der Waals surface area contributed by atoms with Crippen LogP contribution in [0.15, 0.2) is 33.5 Å². The van der Waals surface area contributed by atoms with Crippen molar-refractivity contribution in [1.82, 2.24) is 0 Å². The predicted molar refractivity (Wildman–Crippen MR) is 64.3 cm³/mol. The zero-order valence-electron chi connectivity index (χ0n) is 9.84. The summed E-state index contributed by atoms with van der Waals surface area (Å²) < 4.78 is 21.0. The van der Waals surface area contributed by atoms with E-state index in [1.807, 2.05) is 0 Å². The van der Waals surface area contributed by atoms with E-state index >= 15 is 0 Å². The molecule has 0 bridgehead atoms. The minimum Gasteiger partial charge on any atom is -0.493 e. The van der Waals surface area contributed by atoms with Crippen LogP contribution in [0.2, 0.25) is 0 Å². The first kappa shape index (κ1) is 11.1. The Bertz CT molecular complexity index is 627. The highest BCUT2D eigenvalue weighted by molar-refractivity contribution is 5.80. The van der Waals surface area contributed by atoms with Crippen LogP contribution in [0, 0.1) is 0 Å². The van der Waals surface area contributed by atoms with Gasteiger partial charge in [-0.3, -0.25) is 0 Å². The van der Waals surface area contributed by atoms with Crippen molar-refractivity contribution in [2.45, 2.75) is 6.10 Å². The highest BCUT2D eigenvalue weighted by atomic mass is 16.6. The van der Waals surface area contributed by atoms with Crippen LogP contribution in [0.3, 0.4) is 0 Å². The van der Waals surface area contributed by atoms with Gasteiger partial charge in [0.2, 0.25) is 0 Å². The van der Waals surface area contributed by atoms with Gasteiger partial charge in [0.05, 0.1) is 13.7 Å². The molecule has 1 atom stereocenters. The Balaban J connectivity index is 2.00. The van der Waals surface area contributed by atoms with Gasteiger partial charge in [-0.25, -0.2) is 4.79 Å². The smallest absolute Gasteiger partial charge is 0.336 e. The van der Waals surface area contributed by atoms with Crippen LogP contribution in [0.25, 0.3) is 11.0 Å². The van der Waals surface area contributed by atoms with E-state index in [4.69, 9.17) is 18.6 Å². The quantitative estimate of drug-likeness (QED) is 0.607. The maximum atomic E-state index is 11.2. The Morgan fingerprint density at radius 1 is 1.33 bits per heavy atom. The van der Waals surface area contributed by atoms with Crippen molar-refractivity contribution in [2.75, 3.05) is 20.3 Å². The third-order valence-electron chi connectivity index (χ3n) is 2.73. The van der Waals surface area contributed by atoms with Gasteiger partial charge in [0, 0.05) is 17.5 Å². The lowest BCUT2D eigenvalue weighted by Crippen LogP contribution is -2.05. The van der Waals surface area contributed by atoms with Gasteiger partial charge in [-0.1, -0.05) is 0 Å². The number of hydrogen-bond acceptors (Lipinski definition) is 5. The van der Waals surface area contributed by atoms with E-state index in [2.05, 4.69) is 0 Å². The van der Waals surface area contributed by atoms with Gasteiger partial charge < -0.3 is 18.6 Å². The number of methoxy groups -OCH3 is 1. The largest absolute Gasteiger partial charge is 0.493 e. The summed E-state index contributed by atoms with van der Waals surface area (Å²) in [5.74, 6) is 1.16. The molecule has 1 aromatic heterocycles. The molecule has 2 aromatic rings. The van der Waals surface area contributed by atoms with Gasteiger partial charge in [-0.2, -0.15) is 0 Å². The third kappa shape index (κ3) is 2.17. The lowest BCUT2D eigenvalue weighted by atomic mass is 10.2. The number of fused-ring (bicyclic) bond motifs is 1. The molecule has 1 aliphatic heterocycles. The zero-order chi connectivity index (χ0) is 12.5. The van der Waals surface area contributed by atoms with Crippen molar-refractivity contribution >= 4 is 11.0 Å². The van der Waals surface area contributed by atoms with Crippen LogP contribution < -0.4 is 15.1 Å². The van der Waals surface area contributed by atoms with E-state index < -0.39 is 0 Å². The second-order valence-corrected chi connectivity index (χ2v) is 4.06. The maximum absolute atomic E-state index is 11.2. The highest BCUT2D eigenvalue weighted by Gasteiger charge is 2.23. The Morgan fingerprint density at radius 3 is 2.89 bits per heavy atom. The average molecular weight is 248 g/mol. The molecule has 0 spiro atoms. The maximum Gasteiger partial charge on any atom is 0.336 e. The van der Waals surface area contributed by atoms with Crippen molar-refractivity contribution in [3.63, 3.8) is 0 Å². The Hall–Kier alpha value is -2.01. The average Bonchev–Trinajstić information content (AvgIpc) is 3.19. The first-order valence-corrected chi connectivity index (χ1v) is 5.62. The van der Waals surface area contributed by atoms with E-state index in [0.717, 1.165) is 12.0 Å². The molecule has 94 valence electrons. The summed E-state index contributed by atoms with van der Waals surface area (Å²) in [5.41, 5.74) is 0.0964. The lowest BCUT2D eigenvalue weighted by Gasteiger charge is -2.10. The van der Waals surface area contributed by atoms with Crippen molar-refractivity contribution in [2.24, 2.45) is 0 Å². The summed E-state index contributed by atoms with van der Waals surface area (Å²) >= 11 is 0. The van der Waals surface area contributed by atoms with E-state index in [1.165, 1.54) is 6.07 Å². The van der Waals surface area contributed by atoms with Crippen LogP contribution in [0.5, 0.6) is 11.5 Å². The van der Waals surface area contributed by atoms with Crippen LogP contribution >= 0.6 is 0 Å². The summed E-state index contributed by atoms with van der Waals surface area (Å²) in [6.45, 7) is 1.20. The van der Waals surface area contributed by atoms with Crippen LogP contribution in [-0.4, -0.2) is 26.4 Å². The fourth-order valence-corrected chi connectivity index (χ4v) is 1.70. The van der Waals surface area contributed by atoms with Crippen LogP contribution in [0.1, 0.15) is 0 Å². The standard InChI is InChI=1S/C13H12O5/c1-15-11-4-8-2-3-13(14)18-10(8)5-12(11)17-7-9-6-16-9/h2-5,9H,6-7H2,1H3. The van der Waals surface area contributed by atoms with Gasteiger partial charge >= 0.3 is 5.63 Å². The van der Waals surface area contributed by atoms with E-state index in [0.29, 0.717) is 23.7 Å². The second kappa shape index (κ2) is 4.34. The van der Waals surface area contributed by atoms with Gasteiger partial charge in [0.15, 0.2) is 11.5 Å². The van der Waals surface area contributed by atoms with E-state index in [-0.39, 0.29) is 11.7 Å². The summed E-state index contributed by atoms with van der Waals surface area (Å²) in [7, 11) is 1.57. The molecular formula is C13H12O5. The normalized spacial score (nSPS) is 17.7. The molecule has 1 fully saturated rings. The first-order valence-electron chi connectivity index (χ1n) is 5.62. The second-order valence-electron chi connectivity index (χ2n) is 4.06. The molecule has 1 unspecified atom stereocenters. The van der Waals surface area contributed by atoms with Gasteiger partial charge in [-0.15, -0.1) is 0 Å². The van der Waals surface area contributed by atoms with Crippen LogP contribution in [-0.2, 0) is 4.74 Å². The molecule has 1 saturated heterocycles. The first-order chi connectivity index (χ1) is 8.76. The Morgan fingerprint density at radius 2 is 2.17 bits per heavy atom. The molecule has 2 heterocycles. The van der Waals surface area contributed by atoms with Crippen molar-refractivity contribution in [3.05, 3.63) is 34.7 Å². The molecule has 1 aromatic carbocycles. The van der Waals surface area contributed by atoms with E-state index in [9.17, 15) is 4.79 Å². The van der Waals surface area contributed by atoms with Gasteiger partial charge in [-0.05, 0) is 12.1 Å². The number of epoxide rings is 1. The highest BCUT2D eigenvalue weighted by Crippen LogP contribution is 2.32. The van der Waals surface area contributed by atoms with Crippen molar-refractivity contribution < 1.29 is 18.6 Å². The van der Waals surface area contributed by atoms with Gasteiger partial charge in [0.25, 0.3) is 0 Å². The monoisotopic (exact) mass is 248 g/mol. The molecule has 0 amide bonds. The SMILES string of the molecule is COc1cc2ccc(=O)oc2cc1OCC1CO1. The minimum absolute atomic E-state index is 0.160. The lowest BCUT2D eigenvalue weighted by molar-refractivity contribution is 0.252. The molecule has 5 nitrogen and oxygen atoms in total. The minimum atomic E-state index is -0.385. The molecule has 0 aliphatic carbocycles. The molecule has 5 heteroatoms. The van der Waals surface area contributed by atoms with Crippen molar-refractivity contribution in [1.29, 1.82) is 0 Å². The summed E-state index contributed by atoms with van der Waals surface area (Å²) in [4.78, 5) is 11.2. The molecule has 0 radical (unpaired) electrons. The van der Waals surface area contributed by atoms with Crippen molar-refractivity contribution in [3.8, 4) is 11.5 Å².